The van der Waals surface area contributed by atoms with Crippen LogP contribution < -0.4 is 15.5 Å². The molecule has 8 nitrogen and oxygen atoms in total. The van der Waals surface area contributed by atoms with Gasteiger partial charge in [-0.3, -0.25) is 14.9 Å². The highest BCUT2D eigenvalue weighted by Gasteiger charge is 2.11. The maximum Gasteiger partial charge on any atom is 0.269 e. The van der Waals surface area contributed by atoms with E-state index in [1.807, 2.05) is 31.2 Å². The SMILES string of the molecule is CCOc1ccc(N[C@H](C)C(=O)N/N=C\c2ccc([N+](=O)[O-])cc2)cc1. The Morgan fingerprint density at radius 2 is 1.88 bits per heavy atom. The maximum atomic E-state index is 12.0. The molecule has 0 spiro atoms. The highest BCUT2D eigenvalue weighted by molar-refractivity contribution is 5.86. The lowest BCUT2D eigenvalue weighted by molar-refractivity contribution is -0.384. The van der Waals surface area contributed by atoms with Gasteiger partial charge in [0.15, 0.2) is 0 Å². The molecular formula is C18H20N4O4. The molecule has 2 aromatic rings. The van der Waals surface area contributed by atoms with Gasteiger partial charge >= 0.3 is 0 Å². The van der Waals surface area contributed by atoms with Crippen molar-refractivity contribution < 1.29 is 14.5 Å². The largest absolute Gasteiger partial charge is 0.494 e. The monoisotopic (exact) mass is 356 g/mol. The molecule has 0 radical (unpaired) electrons. The first-order valence-corrected chi connectivity index (χ1v) is 8.06. The Kier molecular flexibility index (Phi) is 6.67. The average Bonchev–Trinajstić information content (AvgIpc) is 2.64. The van der Waals surface area contributed by atoms with Crippen LogP contribution in [0.25, 0.3) is 0 Å². The van der Waals surface area contributed by atoms with Crippen molar-refractivity contribution in [3.05, 3.63) is 64.2 Å². The number of anilines is 1. The van der Waals surface area contributed by atoms with E-state index in [9.17, 15) is 14.9 Å². The quantitative estimate of drug-likeness (QED) is 0.430. The highest BCUT2D eigenvalue weighted by Crippen LogP contribution is 2.16. The zero-order valence-corrected chi connectivity index (χ0v) is 14.5. The van der Waals surface area contributed by atoms with Gasteiger partial charge in [-0.15, -0.1) is 0 Å². The third kappa shape index (κ3) is 5.59. The first-order chi connectivity index (χ1) is 12.5. The minimum atomic E-state index is -0.498. The van der Waals surface area contributed by atoms with Crippen molar-refractivity contribution in [2.75, 3.05) is 11.9 Å². The molecule has 0 aliphatic carbocycles. The Hall–Kier alpha value is -3.42. The average molecular weight is 356 g/mol. The number of carbonyl (C=O) groups is 1. The molecule has 0 aliphatic heterocycles. The second-order valence-electron chi connectivity index (χ2n) is 5.41. The van der Waals surface area contributed by atoms with Gasteiger partial charge in [0.25, 0.3) is 11.6 Å². The van der Waals surface area contributed by atoms with E-state index in [1.54, 1.807) is 19.1 Å². The lowest BCUT2D eigenvalue weighted by Gasteiger charge is -2.13. The molecule has 0 heterocycles. The molecule has 0 aromatic heterocycles. The predicted octanol–water partition coefficient (Wildman–Crippen LogP) is 2.94. The summed E-state index contributed by atoms with van der Waals surface area (Å²) in [6.07, 6.45) is 1.42. The number of amides is 1. The summed E-state index contributed by atoms with van der Waals surface area (Å²) in [4.78, 5) is 22.2. The Labute approximate surface area is 151 Å². The second kappa shape index (κ2) is 9.16. The number of carbonyl (C=O) groups excluding carboxylic acids is 1. The number of nitrogens with one attached hydrogen (secondary N) is 2. The molecule has 2 aromatic carbocycles. The number of nitrogens with zero attached hydrogens (tertiary/aromatic N) is 2. The molecule has 8 heteroatoms. The van der Waals surface area contributed by atoms with Crippen LogP contribution >= 0.6 is 0 Å². The summed E-state index contributed by atoms with van der Waals surface area (Å²) in [5.41, 5.74) is 3.86. The number of hydrogen-bond acceptors (Lipinski definition) is 6. The molecule has 0 unspecified atom stereocenters. The second-order valence-corrected chi connectivity index (χ2v) is 5.41. The summed E-state index contributed by atoms with van der Waals surface area (Å²) in [6, 6.07) is 12.7. The fraction of sp³-hybridized carbons (Fsp3) is 0.222. The molecule has 0 saturated heterocycles. The van der Waals surface area contributed by atoms with Crippen molar-refractivity contribution in [2.24, 2.45) is 5.10 Å². The molecule has 26 heavy (non-hydrogen) atoms. The highest BCUT2D eigenvalue weighted by atomic mass is 16.6. The first-order valence-electron chi connectivity index (χ1n) is 8.06. The van der Waals surface area contributed by atoms with Crippen LogP contribution in [0.4, 0.5) is 11.4 Å². The lowest BCUT2D eigenvalue weighted by Crippen LogP contribution is -2.34. The summed E-state index contributed by atoms with van der Waals surface area (Å²) in [5, 5.41) is 17.5. The number of benzene rings is 2. The number of nitro groups is 1. The van der Waals surface area contributed by atoms with E-state index in [1.165, 1.54) is 18.3 Å². The van der Waals surface area contributed by atoms with Gasteiger partial charge < -0.3 is 10.1 Å². The van der Waals surface area contributed by atoms with Crippen LogP contribution in [0.3, 0.4) is 0 Å². The Morgan fingerprint density at radius 1 is 1.23 bits per heavy atom. The van der Waals surface area contributed by atoms with Gasteiger partial charge in [0, 0.05) is 17.8 Å². The van der Waals surface area contributed by atoms with E-state index >= 15 is 0 Å². The number of nitro benzene ring substituents is 1. The van der Waals surface area contributed by atoms with Gasteiger partial charge in [0.2, 0.25) is 0 Å². The number of ether oxygens (including phenoxy) is 1. The predicted molar refractivity (Wildman–Crippen MR) is 99.5 cm³/mol. The zero-order valence-electron chi connectivity index (χ0n) is 14.5. The molecule has 0 saturated carbocycles. The fourth-order valence-corrected chi connectivity index (χ4v) is 2.08. The number of hydrogen-bond donors (Lipinski definition) is 2. The van der Waals surface area contributed by atoms with Crippen LogP contribution in [0.15, 0.2) is 53.6 Å². The zero-order chi connectivity index (χ0) is 18.9. The molecule has 1 amide bonds. The van der Waals surface area contributed by atoms with E-state index in [0.29, 0.717) is 12.2 Å². The lowest BCUT2D eigenvalue weighted by atomic mass is 10.2. The molecule has 2 rings (SSSR count). The Morgan fingerprint density at radius 3 is 2.46 bits per heavy atom. The molecule has 0 aliphatic rings. The standard InChI is InChI=1S/C18H20N4O4/c1-3-26-17-10-6-15(7-11-17)20-13(2)18(23)21-19-12-14-4-8-16(9-5-14)22(24)25/h4-13,20H,3H2,1-2H3,(H,21,23)/b19-12-/t13-/m1/s1. The van der Waals surface area contributed by atoms with Gasteiger partial charge in [-0.05, 0) is 55.8 Å². The molecule has 2 N–H and O–H groups in total. The van der Waals surface area contributed by atoms with Crippen LogP contribution in [-0.4, -0.2) is 29.7 Å². The maximum absolute atomic E-state index is 12.0. The molecular weight excluding hydrogens is 336 g/mol. The molecule has 0 fully saturated rings. The van der Waals surface area contributed by atoms with Crippen LogP contribution in [-0.2, 0) is 4.79 Å². The molecule has 1 atom stereocenters. The molecule has 0 bridgehead atoms. The van der Waals surface area contributed by atoms with Crippen LogP contribution in [0.2, 0.25) is 0 Å². The fourth-order valence-electron chi connectivity index (χ4n) is 2.08. The third-order valence-corrected chi connectivity index (χ3v) is 3.43. The third-order valence-electron chi connectivity index (χ3n) is 3.43. The van der Waals surface area contributed by atoms with Crippen molar-refractivity contribution in [1.29, 1.82) is 0 Å². The van der Waals surface area contributed by atoms with Crippen LogP contribution in [0, 0.1) is 10.1 Å². The van der Waals surface area contributed by atoms with Gasteiger partial charge in [0.1, 0.15) is 11.8 Å². The van der Waals surface area contributed by atoms with Crippen LogP contribution in [0.1, 0.15) is 19.4 Å². The molecule has 136 valence electrons. The van der Waals surface area contributed by atoms with E-state index in [4.69, 9.17) is 4.74 Å². The van der Waals surface area contributed by atoms with Gasteiger partial charge in [0.05, 0.1) is 17.7 Å². The first kappa shape index (κ1) is 18.9. The van der Waals surface area contributed by atoms with E-state index < -0.39 is 11.0 Å². The topological polar surface area (TPSA) is 106 Å². The number of rotatable bonds is 8. The van der Waals surface area contributed by atoms with Gasteiger partial charge in [-0.1, -0.05) is 0 Å². The summed E-state index contributed by atoms with van der Waals surface area (Å²) < 4.78 is 5.37. The van der Waals surface area contributed by atoms with Crippen molar-refractivity contribution in [3.8, 4) is 5.75 Å². The minimum Gasteiger partial charge on any atom is -0.494 e. The summed E-state index contributed by atoms with van der Waals surface area (Å²) in [6.45, 7) is 4.22. The van der Waals surface area contributed by atoms with Crippen molar-refractivity contribution >= 4 is 23.5 Å². The number of non-ortho nitro benzene ring substituents is 1. The van der Waals surface area contributed by atoms with Crippen molar-refractivity contribution in [2.45, 2.75) is 19.9 Å². The summed E-state index contributed by atoms with van der Waals surface area (Å²) in [5.74, 6) is 0.458. The van der Waals surface area contributed by atoms with Crippen LogP contribution in [0.5, 0.6) is 5.75 Å². The van der Waals surface area contributed by atoms with Gasteiger partial charge in [-0.25, -0.2) is 5.43 Å². The Bertz CT molecular complexity index is 773. The van der Waals surface area contributed by atoms with E-state index in [0.717, 1.165) is 11.4 Å². The number of hydrazone groups is 1. The Balaban J connectivity index is 1.85. The van der Waals surface area contributed by atoms with E-state index in [2.05, 4.69) is 15.8 Å². The summed E-state index contributed by atoms with van der Waals surface area (Å²) >= 11 is 0. The van der Waals surface area contributed by atoms with Crippen molar-refractivity contribution in [1.82, 2.24) is 5.43 Å². The summed E-state index contributed by atoms with van der Waals surface area (Å²) in [7, 11) is 0. The van der Waals surface area contributed by atoms with Crippen molar-refractivity contribution in [3.63, 3.8) is 0 Å². The van der Waals surface area contributed by atoms with E-state index in [-0.39, 0.29) is 11.6 Å². The normalized spacial score (nSPS) is 11.8. The van der Waals surface area contributed by atoms with Gasteiger partial charge in [-0.2, -0.15) is 5.10 Å². The smallest absolute Gasteiger partial charge is 0.269 e. The minimum absolute atomic E-state index is 0.000590.